The summed E-state index contributed by atoms with van der Waals surface area (Å²) in [4.78, 5) is 23.5. The van der Waals surface area contributed by atoms with Gasteiger partial charge >= 0.3 is 18.0 Å². The summed E-state index contributed by atoms with van der Waals surface area (Å²) in [5.74, 6) is -2.61. The molecule has 0 aromatic heterocycles. The zero-order valence-electron chi connectivity index (χ0n) is 11.8. The van der Waals surface area contributed by atoms with Gasteiger partial charge < -0.3 is 15.7 Å². The Hall–Kier alpha value is -2.74. The number of phenols is 1. The average molecular weight is 359 g/mol. The van der Waals surface area contributed by atoms with E-state index in [0.717, 1.165) is 12.1 Å². The fourth-order valence-electron chi connectivity index (χ4n) is 1.77. The number of anilines is 2. The third-order valence-corrected chi connectivity index (χ3v) is 3.22. The number of amides is 2. The number of nitrogens with one attached hydrogen (secondary N) is 2. The molecule has 0 fully saturated rings. The van der Waals surface area contributed by atoms with Crippen LogP contribution >= 0.6 is 11.6 Å². The van der Waals surface area contributed by atoms with Crippen LogP contribution < -0.4 is 10.6 Å². The van der Waals surface area contributed by atoms with Crippen molar-refractivity contribution in [1.82, 2.24) is 0 Å². The standard InChI is InChI=1S/C15H10ClF3N2O3/c16-10-6-5-8(7-9(10)15(17,18)19)20-13(23)14(24)21-11-3-1-2-4-12(11)22/h1-7,22H,(H,20,23)(H,21,24). The molecule has 0 aliphatic carbocycles. The van der Waals surface area contributed by atoms with Gasteiger partial charge in [-0.2, -0.15) is 13.2 Å². The Bertz CT molecular complexity index is 794. The van der Waals surface area contributed by atoms with Gasteiger partial charge in [0, 0.05) is 5.69 Å². The SMILES string of the molecule is O=C(Nc1ccc(Cl)c(C(F)(F)F)c1)C(=O)Nc1ccccc1O. The van der Waals surface area contributed by atoms with E-state index in [4.69, 9.17) is 11.6 Å². The lowest BCUT2D eigenvalue weighted by molar-refractivity contribution is -0.137. The Morgan fingerprint density at radius 1 is 1.00 bits per heavy atom. The molecule has 0 bridgehead atoms. The lowest BCUT2D eigenvalue weighted by Crippen LogP contribution is -2.29. The molecule has 5 nitrogen and oxygen atoms in total. The second-order valence-corrected chi connectivity index (χ2v) is 5.02. The highest BCUT2D eigenvalue weighted by molar-refractivity contribution is 6.43. The van der Waals surface area contributed by atoms with Crippen LogP contribution in [-0.2, 0) is 15.8 Å². The third-order valence-electron chi connectivity index (χ3n) is 2.89. The van der Waals surface area contributed by atoms with Crippen LogP contribution in [0.5, 0.6) is 5.75 Å². The summed E-state index contributed by atoms with van der Waals surface area (Å²) in [6, 6.07) is 8.38. The summed E-state index contributed by atoms with van der Waals surface area (Å²) < 4.78 is 38.3. The molecular formula is C15H10ClF3N2O3. The highest BCUT2D eigenvalue weighted by Gasteiger charge is 2.33. The van der Waals surface area contributed by atoms with Crippen molar-refractivity contribution in [2.75, 3.05) is 10.6 Å². The molecule has 0 spiro atoms. The first-order valence-electron chi connectivity index (χ1n) is 6.45. The Morgan fingerprint density at radius 2 is 1.62 bits per heavy atom. The molecule has 0 aliphatic heterocycles. The maximum atomic E-state index is 12.8. The zero-order valence-corrected chi connectivity index (χ0v) is 12.6. The first-order chi connectivity index (χ1) is 11.2. The van der Waals surface area contributed by atoms with Crippen molar-refractivity contribution in [2.45, 2.75) is 6.18 Å². The second kappa shape index (κ2) is 6.79. The number of aromatic hydroxyl groups is 1. The van der Waals surface area contributed by atoms with Crippen molar-refractivity contribution in [3.8, 4) is 5.75 Å². The van der Waals surface area contributed by atoms with Crippen LogP contribution in [-0.4, -0.2) is 16.9 Å². The number of halogens is 4. The predicted octanol–water partition coefficient (Wildman–Crippen LogP) is 3.64. The van der Waals surface area contributed by atoms with Gasteiger partial charge in [-0.25, -0.2) is 0 Å². The number of hydrogen-bond acceptors (Lipinski definition) is 3. The molecule has 126 valence electrons. The van der Waals surface area contributed by atoms with Gasteiger partial charge in [-0.05, 0) is 30.3 Å². The number of hydrogen-bond donors (Lipinski definition) is 3. The van der Waals surface area contributed by atoms with Crippen molar-refractivity contribution in [1.29, 1.82) is 0 Å². The maximum absolute atomic E-state index is 12.8. The van der Waals surface area contributed by atoms with E-state index in [2.05, 4.69) is 5.32 Å². The molecular weight excluding hydrogens is 349 g/mol. The van der Waals surface area contributed by atoms with Crippen molar-refractivity contribution in [2.24, 2.45) is 0 Å². The molecule has 2 rings (SSSR count). The normalized spacial score (nSPS) is 11.0. The maximum Gasteiger partial charge on any atom is 0.417 e. The molecule has 0 saturated carbocycles. The first kappa shape index (κ1) is 17.6. The van der Waals surface area contributed by atoms with Gasteiger partial charge in [0.2, 0.25) is 0 Å². The quantitative estimate of drug-likeness (QED) is 0.566. The smallest absolute Gasteiger partial charge is 0.417 e. The predicted molar refractivity (Wildman–Crippen MR) is 81.8 cm³/mol. The fraction of sp³-hybridized carbons (Fsp3) is 0.0667. The number of para-hydroxylation sites is 2. The Morgan fingerprint density at radius 3 is 2.25 bits per heavy atom. The van der Waals surface area contributed by atoms with Gasteiger partial charge in [0.1, 0.15) is 5.75 Å². The summed E-state index contributed by atoms with van der Waals surface area (Å²) in [5.41, 5.74) is -1.39. The van der Waals surface area contributed by atoms with Gasteiger partial charge in [0.05, 0.1) is 16.3 Å². The lowest BCUT2D eigenvalue weighted by atomic mass is 10.2. The number of benzene rings is 2. The zero-order chi connectivity index (χ0) is 17.9. The molecule has 2 aromatic carbocycles. The van der Waals surface area contributed by atoms with Crippen LogP contribution in [0.25, 0.3) is 0 Å². The Kier molecular flexibility index (Phi) is 4.99. The highest BCUT2D eigenvalue weighted by Crippen LogP contribution is 2.36. The minimum absolute atomic E-state index is 0.00950. The number of phenolic OH excluding ortho intramolecular Hbond substituents is 1. The molecule has 0 radical (unpaired) electrons. The minimum atomic E-state index is -4.70. The van der Waals surface area contributed by atoms with Gasteiger partial charge in [0.25, 0.3) is 0 Å². The second-order valence-electron chi connectivity index (χ2n) is 4.62. The molecule has 2 amide bonds. The van der Waals surface area contributed by atoms with Crippen LogP contribution in [0.3, 0.4) is 0 Å². The number of carbonyl (C=O) groups is 2. The molecule has 0 atom stereocenters. The lowest BCUT2D eigenvalue weighted by Gasteiger charge is -2.12. The molecule has 0 unspecified atom stereocenters. The van der Waals surface area contributed by atoms with Gasteiger partial charge in [-0.3, -0.25) is 9.59 Å². The van der Waals surface area contributed by atoms with E-state index >= 15 is 0 Å². The molecule has 24 heavy (non-hydrogen) atoms. The van der Waals surface area contributed by atoms with Crippen molar-refractivity contribution >= 4 is 34.8 Å². The van der Waals surface area contributed by atoms with E-state index in [9.17, 15) is 27.9 Å². The van der Waals surface area contributed by atoms with E-state index in [1.807, 2.05) is 5.32 Å². The largest absolute Gasteiger partial charge is 0.506 e. The van der Waals surface area contributed by atoms with Gasteiger partial charge in [0.15, 0.2) is 0 Å². The molecule has 0 heterocycles. The number of rotatable bonds is 2. The summed E-state index contributed by atoms with van der Waals surface area (Å²) >= 11 is 5.46. The number of alkyl halides is 3. The molecule has 9 heteroatoms. The van der Waals surface area contributed by atoms with Crippen LogP contribution in [0.1, 0.15) is 5.56 Å². The van der Waals surface area contributed by atoms with Gasteiger partial charge in [-0.1, -0.05) is 23.7 Å². The van der Waals surface area contributed by atoms with E-state index in [-0.39, 0.29) is 17.1 Å². The minimum Gasteiger partial charge on any atom is -0.506 e. The monoisotopic (exact) mass is 358 g/mol. The summed E-state index contributed by atoms with van der Waals surface area (Å²) in [6.45, 7) is 0. The van der Waals surface area contributed by atoms with Crippen LogP contribution in [0.15, 0.2) is 42.5 Å². The van der Waals surface area contributed by atoms with Crippen LogP contribution in [0.4, 0.5) is 24.5 Å². The number of carbonyl (C=O) groups excluding carboxylic acids is 2. The van der Waals surface area contributed by atoms with Gasteiger partial charge in [-0.15, -0.1) is 0 Å². The van der Waals surface area contributed by atoms with E-state index in [0.29, 0.717) is 6.07 Å². The molecule has 2 aromatic rings. The van der Waals surface area contributed by atoms with E-state index in [1.54, 1.807) is 0 Å². The molecule has 0 aliphatic rings. The summed E-state index contributed by atoms with van der Waals surface area (Å²) in [7, 11) is 0. The molecule has 3 N–H and O–H groups in total. The van der Waals surface area contributed by atoms with Crippen LogP contribution in [0.2, 0.25) is 5.02 Å². The van der Waals surface area contributed by atoms with Crippen molar-refractivity contribution in [3.05, 3.63) is 53.1 Å². The molecule has 0 saturated heterocycles. The van der Waals surface area contributed by atoms with Crippen molar-refractivity contribution < 1.29 is 27.9 Å². The Labute approximate surface area is 139 Å². The topological polar surface area (TPSA) is 78.4 Å². The summed E-state index contributed by atoms with van der Waals surface area (Å²) in [6.07, 6.45) is -4.70. The Balaban J connectivity index is 2.12. The van der Waals surface area contributed by atoms with Crippen LogP contribution in [0, 0.1) is 0 Å². The third kappa shape index (κ3) is 4.17. The van der Waals surface area contributed by atoms with E-state index in [1.165, 1.54) is 24.3 Å². The van der Waals surface area contributed by atoms with Crippen molar-refractivity contribution in [3.63, 3.8) is 0 Å². The fourth-order valence-corrected chi connectivity index (χ4v) is 1.99. The van der Waals surface area contributed by atoms with E-state index < -0.39 is 28.6 Å². The average Bonchev–Trinajstić information content (AvgIpc) is 2.50. The summed E-state index contributed by atoms with van der Waals surface area (Å²) in [5, 5.41) is 13.1. The first-order valence-corrected chi connectivity index (χ1v) is 6.83. The highest BCUT2D eigenvalue weighted by atomic mass is 35.5.